The van der Waals surface area contributed by atoms with Crippen LogP contribution in [0.5, 0.6) is 0 Å². The predicted octanol–water partition coefficient (Wildman–Crippen LogP) is -0.829. The summed E-state index contributed by atoms with van der Waals surface area (Å²) in [5.41, 5.74) is 0. The Hall–Kier alpha value is -0.160. The lowest BCUT2D eigenvalue weighted by atomic mass is 10.5. The summed E-state index contributed by atoms with van der Waals surface area (Å²) in [5.74, 6) is 0. The van der Waals surface area contributed by atoms with E-state index < -0.39 is 0 Å². The maximum atomic E-state index is 7.88. The Morgan fingerprint density at radius 2 is 1.10 bits per heavy atom. The van der Waals surface area contributed by atoms with Gasteiger partial charge < -0.3 is 20.8 Å². The summed E-state index contributed by atoms with van der Waals surface area (Å²) in [7, 11) is 1.00. The monoisotopic (exact) mass is 156 g/mol. The van der Waals surface area contributed by atoms with Gasteiger partial charge in [0.1, 0.15) is 0 Å². The van der Waals surface area contributed by atoms with Crippen molar-refractivity contribution in [2.24, 2.45) is 0 Å². The molecule has 10 heavy (non-hydrogen) atoms. The van der Waals surface area contributed by atoms with Crippen LogP contribution in [0.15, 0.2) is 0 Å². The zero-order valence-electron chi connectivity index (χ0n) is 6.96. The Balaban J connectivity index is -0.0000000273. The van der Waals surface area contributed by atoms with Gasteiger partial charge in [0.15, 0.2) is 0 Å². The molecule has 0 unspecified atom stereocenters. The van der Waals surface area contributed by atoms with Crippen molar-refractivity contribution in [1.29, 1.82) is 0 Å². The van der Waals surface area contributed by atoms with Crippen molar-refractivity contribution >= 4 is 0 Å². The van der Waals surface area contributed by atoms with Gasteiger partial charge in [0.25, 0.3) is 0 Å². The summed E-state index contributed by atoms with van der Waals surface area (Å²) in [6.07, 6.45) is 0.875. The van der Waals surface area contributed by atoms with E-state index in [9.17, 15) is 0 Å². The van der Waals surface area contributed by atoms with Crippen LogP contribution in [0.1, 0.15) is 20.3 Å². The molecule has 0 rings (SSSR count). The highest BCUT2D eigenvalue weighted by molar-refractivity contribution is 4.10. The Labute approximate surface area is 62.4 Å². The van der Waals surface area contributed by atoms with Crippen LogP contribution in [0.4, 0.5) is 0 Å². The third-order valence-corrected chi connectivity index (χ3v) is 0.224. The van der Waals surface area contributed by atoms with Gasteiger partial charge in [0.2, 0.25) is 0 Å². The van der Waals surface area contributed by atoms with Crippen LogP contribution in [-0.2, 0) is 0 Å². The first kappa shape index (κ1) is 22.5. The standard InChI is InChI=1S/C3H8O.C2H6O.CH4O.H2O/c1-2-3-4;1-2-3;1-2;/h4H,2-3H2,1H3;3H,2H2,1H3;2H,1H3;1H2. The zero-order chi connectivity index (χ0) is 8.12. The lowest BCUT2D eigenvalue weighted by Gasteiger charge is -1.69. The molecule has 5 N–H and O–H groups in total. The minimum atomic E-state index is 0. The van der Waals surface area contributed by atoms with Crippen LogP contribution in [0.3, 0.4) is 0 Å². The normalized spacial score (nSPS) is 5.40. The molecule has 0 heterocycles. The largest absolute Gasteiger partial charge is 0.412 e. The fourth-order valence-corrected chi connectivity index (χ4v) is 0. The quantitative estimate of drug-likeness (QED) is 0.462. The average molecular weight is 156 g/mol. The number of rotatable bonds is 1. The molecular weight excluding hydrogens is 136 g/mol. The van der Waals surface area contributed by atoms with Crippen molar-refractivity contribution in [1.82, 2.24) is 0 Å². The second kappa shape index (κ2) is 67.4. The fourth-order valence-electron chi connectivity index (χ4n) is 0. The predicted molar refractivity (Wildman–Crippen MR) is 41.9 cm³/mol. The molecule has 0 spiro atoms. The molecule has 68 valence electrons. The second-order valence-corrected chi connectivity index (χ2v) is 1.04. The Morgan fingerprint density at radius 3 is 1.10 bits per heavy atom. The molecule has 4 nitrogen and oxygen atoms in total. The molecule has 0 aliphatic rings. The average Bonchev–Trinajstić information content (AvgIpc) is 1.94. The molecule has 4 heteroatoms. The molecule has 0 aromatic carbocycles. The van der Waals surface area contributed by atoms with Crippen molar-refractivity contribution in [3.63, 3.8) is 0 Å². The van der Waals surface area contributed by atoms with E-state index in [-0.39, 0.29) is 12.1 Å². The van der Waals surface area contributed by atoms with E-state index in [0.717, 1.165) is 13.5 Å². The van der Waals surface area contributed by atoms with Gasteiger partial charge in [-0.15, -0.1) is 0 Å². The maximum Gasteiger partial charge on any atom is 0.0428 e. The van der Waals surface area contributed by atoms with Gasteiger partial charge in [-0.3, -0.25) is 0 Å². The van der Waals surface area contributed by atoms with Crippen LogP contribution in [0.25, 0.3) is 0 Å². The van der Waals surface area contributed by atoms with Crippen molar-refractivity contribution < 1.29 is 20.8 Å². The smallest absolute Gasteiger partial charge is 0.0428 e. The highest BCUT2D eigenvalue weighted by Crippen LogP contribution is 1.61. The summed E-state index contributed by atoms with van der Waals surface area (Å²) in [4.78, 5) is 0. The SMILES string of the molecule is CCCO.CCO.CO.O. The van der Waals surface area contributed by atoms with E-state index in [0.29, 0.717) is 6.61 Å². The maximum absolute atomic E-state index is 7.88. The summed E-state index contributed by atoms with van der Waals surface area (Å²) in [5, 5.41) is 22.4. The minimum Gasteiger partial charge on any atom is -0.412 e. The van der Waals surface area contributed by atoms with Crippen molar-refractivity contribution in [3.05, 3.63) is 0 Å². The first-order valence-electron chi connectivity index (χ1n) is 2.99. The first-order chi connectivity index (χ1) is 4.33. The lowest BCUT2D eigenvalue weighted by Crippen LogP contribution is -1.69. The number of aliphatic hydroxyl groups is 3. The molecule has 0 amide bonds. The molecule has 0 aromatic rings. The zero-order valence-corrected chi connectivity index (χ0v) is 6.96. The minimum absolute atomic E-state index is 0. The molecule has 0 radical (unpaired) electrons. The summed E-state index contributed by atoms with van der Waals surface area (Å²) in [6.45, 7) is 4.18. The summed E-state index contributed by atoms with van der Waals surface area (Å²) in [6, 6.07) is 0. The van der Waals surface area contributed by atoms with E-state index >= 15 is 0 Å². The summed E-state index contributed by atoms with van der Waals surface area (Å²) >= 11 is 0. The van der Waals surface area contributed by atoms with Crippen LogP contribution in [0.2, 0.25) is 0 Å². The van der Waals surface area contributed by atoms with Crippen molar-refractivity contribution in [2.45, 2.75) is 20.3 Å². The van der Waals surface area contributed by atoms with Gasteiger partial charge >= 0.3 is 0 Å². The third-order valence-electron chi connectivity index (χ3n) is 0.224. The molecule has 0 aromatic heterocycles. The van der Waals surface area contributed by atoms with Gasteiger partial charge in [-0.1, -0.05) is 6.92 Å². The highest BCUT2D eigenvalue weighted by atomic mass is 16.3. The Kier molecular flexibility index (Phi) is 152. The highest BCUT2D eigenvalue weighted by Gasteiger charge is 1.57. The molecule has 0 atom stereocenters. The fraction of sp³-hybridized carbons (Fsp3) is 1.00. The van der Waals surface area contributed by atoms with E-state index in [1.165, 1.54) is 0 Å². The Morgan fingerprint density at radius 1 is 1.00 bits per heavy atom. The molecule has 0 aliphatic heterocycles. The van der Waals surface area contributed by atoms with Gasteiger partial charge in [0, 0.05) is 20.3 Å². The van der Waals surface area contributed by atoms with Crippen LogP contribution in [-0.4, -0.2) is 41.1 Å². The van der Waals surface area contributed by atoms with Crippen molar-refractivity contribution in [2.75, 3.05) is 20.3 Å². The van der Waals surface area contributed by atoms with E-state index in [2.05, 4.69) is 0 Å². The van der Waals surface area contributed by atoms with Gasteiger partial charge in [0.05, 0.1) is 0 Å². The lowest BCUT2D eigenvalue weighted by molar-refractivity contribution is 0.295. The van der Waals surface area contributed by atoms with E-state index in [1.807, 2.05) is 6.92 Å². The van der Waals surface area contributed by atoms with Crippen LogP contribution in [0, 0.1) is 0 Å². The topological polar surface area (TPSA) is 92.2 Å². The number of aliphatic hydroxyl groups excluding tert-OH is 3. The number of hydrogen-bond donors (Lipinski definition) is 3. The summed E-state index contributed by atoms with van der Waals surface area (Å²) < 4.78 is 0. The second-order valence-electron chi connectivity index (χ2n) is 1.04. The first-order valence-corrected chi connectivity index (χ1v) is 2.99. The van der Waals surface area contributed by atoms with E-state index in [1.54, 1.807) is 6.92 Å². The Bertz CT molecular complexity index is 17.2. The molecule has 0 saturated heterocycles. The molecular formula is C6H20O4. The third kappa shape index (κ3) is 520. The van der Waals surface area contributed by atoms with Crippen LogP contribution >= 0.6 is 0 Å². The van der Waals surface area contributed by atoms with Gasteiger partial charge in [-0.05, 0) is 13.3 Å². The molecule has 0 fully saturated rings. The van der Waals surface area contributed by atoms with Gasteiger partial charge in [-0.2, -0.15) is 0 Å². The molecule has 0 aliphatic carbocycles. The molecule has 0 saturated carbocycles. The van der Waals surface area contributed by atoms with Crippen LogP contribution < -0.4 is 0 Å². The van der Waals surface area contributed by atoms with E-state index in [4.69, 9.17) is 15.3 Å². The number of hydrogen-bond acceptors (Lipinski definition) is 3. The van der Waals surface area contributed by atoms with Crippen molar-refractivity contribution in [3.8, 4) is 0 Å². The molecule has 0 bridgehead atoms. The van der Waals surface area contributed by atoms with Gasteiger partial charge in [-0.25, -0.2) is 0 Å².